The zero-order chi connectivity index (χ0) is 25.8. The van der Waals surface area contributed by atoms with E-state index in [2.05, 4.69) is 30.9 Å². The molecule has 0 spiro atoms. The normalized spacial score (nSPS) is 24.9. The number of nitrogens with zero attached hydrogens (tertiary/aromatic N) is 4. The molecule has 0 bridgehead atoms. The molecule has 1 aromatic carbocycles. The van der Waals surface area contributed by atoms with E-state index < -0.39 is 42.8 Å². The van der Waals surface area contributed by atoms with Crippen LogP contribution in [0.5, 0.6) is 0 Å². The molecule has 37 heavy (non-hydrogen) atoms. The van der Waals surface area contributed by atoms with Gasteiger partial charge < -0.3 is 30.0 Å². The topological polar surface area (TPSA) is 162 Å². The smallest absolute Gasteiger partial charge is 0.320 e. The van der Waals surface area contributed by atoms with E-state index in [1.54, 1.807) is 10.9 Å². The Kier molecular flexibility index (Phi) is 7.37. The van der Waals surface area contributed by atoms with Gasteiger partial charge in [-0.05, 0) is 18.6 Å². The number of anilines is 1. The Labute approximate surface area is 211 Å². The maximum absolute atomic E-state index is 12.0. The SMILES string of the molecule is CCNC(=O)Nc1ncnc2c1ncn2C1OC(CNCC(=O)O)C2OC(C=Cc3ccccc3)OC21. The summed E-state index contributed by atoms with van der Waals surface area (Å²) >= 11 is 0. The largest absolute Gasteiger partial charge is 0.480 e. The number of carboxylic acid groups (broad SMARTS) is 1. The lowest BCUT2D eigenvalue weighted by atomic mass is 10.1. The van der Waals surface area contributed by atoms with Gasteiger partial charge in [-0.1, -0.05) is 36.4 Å². The summed E-state index contributed by atoms with van der Waals surface area (Å²) in [5.41, 5.74) is 1.83. The van der Waals surface area contributed by atoms with Crippen LogP contribution in [-0.2, 0) is 19.0 Å². The van der Waals surface area contributed by atoms with E-state index in [0.29, 0.717) is 17.7 Å². The summed E-state index contributed by atoms with van der Waals surface area (Å²) in [6, 6.07) is 9.37. The average Bonchev–Trinajstić information content (AvgIpc) is 3.58. The summed E-state index contributed by atoms with van der Waals surface area (Å²) in [5, 5.41) is 17.2. The number of carbonyl (C=O) groups is 2. The molecular formula is C24H27N7O6. The van der Waals surface area contributed by atoms with Gasteiger partial charge in [-0.25, -0.2) is 19.7 Å². The number of aromatic nitrogens is 4. The fraction of sp³-hybridized carbons (Fsp3) is 0.375. The number of carbonyl (C=O) groups excluding carboxylic acids is 1. The van der Waals surface area contributed by atoms with Gasteiger partial charge in [0.2, 0.25) is 0 Å². The molecule has 0 radical (unpaired) electrons. The molecule has 2 aliphatic rings. The maximum atomic E-state index is 12.0. The second kappa shape index (κ2) is 11.0. The minimum atomic E-state index is -0.970. The standard InChI is InChI=1S/C24H27N7O6/c1-2-26-24(34)30-21-18-22(28-12-27-21)31(13-29-18)23-20-19(15(35-23)10-25-11-16(32)33)36-17(37-20)9-8-14-6-4-3-5-7-14/h3-9,12-13,15,17,19-20,23,25H,2,10-11H2,1H3,(H,32,33)(H2,26,27,28,30,34). The maximum Gasteiger partial charge on any atom is 0.320 e. The lowest BCUT2D eigenvalue weighted by Gasteiger charge is -2.20. The molecule has 3 aromatic rings. The van der Waals surface area contributed by atoms with E-state index in [1.165, 1.54) is 6.33 Å². The summed E-state index contributed by atoms with van der Waals surface area (Å²) in [5.74, 6) is -0.709. The number of benzene rings is 1. The molecule has 0 saturated carbocycles. The van der Waals surface area contributed by atoms with Crippen molar-refractivity contribution >= 4 is 35.1 Å². The van der Waals surface area contributed by atoms with E-state index in [0.717, 1.165) is 5.56 Å². The first kappa shape index (κ1) is 24.8. The Bertz CT molecular complexity index is 1280. The Morgan fingerprint density at radius 3 is 2.70 bits per heavy atom. The van der Waals surface area contributed by atoms with Gasteiger partial charge in [0.1, 0.15) is 24.6 Å². The monoisotopic (exact) mass is 509 g/mol. The molecule has 2 fully saturated rings. The molecule has 2 amide bonds. The van der Waals surface area contributed by atoms with Crippen LogP contribution in [0.25, 0.3) is 17.2 Å². The molecule has 5 unspecified atom stereocenters. The number of urea groups is 1. The highest BCUT2D eigenvalue weighted by Gasteiger charge is 2.53. The molecule has 4 heterocycles. The van der Waals surface area contributed by atoms with Gasteiger partial charge >= 0.3 is 12.0 Å². The predicted octanol–water partition coefficient (Wildman–Crippen LogP) is 1.36. The predicted molar refractivity (Wildman–Crippen MR) is 131 cm³/mol. The van der Waals surface area contributed by atoms with E-state index in [1.807, 2.05) is 49.4 Å². The van der Waals surface area contributed by atoms with Crippen LogP contribution in [0.4, 0.5) is 10.6 Å². The second-order valence-electron chi connectivity index (χ2n) is 8.46. The molecule has 5 rings (SSSR count). The minimum Gasteiger partial charge on any atom is -0.480 e. The molecule has 2 aromatic heterocycles. The van der Waals surface area contributed by atoms with Crippen LogP contribution in [0.15, 0.2) is 49.1 Å². The van der Waals surface area contributed by atoms with Crippen LogP contribution >= 0.6 is 0 Å². The van der Waals surface area contributed by atoms with E-state index in [4.69, 9.17) is 19.3 Å². The number of ether oxygens (including phenoxy) is 3. The van der Waals surface area contributed by atoms with Gasteiger partial charge in [-0.3, -0.25) is 14.7 Å². The summed E-state index contributed by atoms with van der Waals surface area (Å²) in [7, 11) is 0. The van der Waals surface area contributed by atoms with Crippen molar-refractivity contribution < 1.29 is 28.9 Å². The quantitative estimate of drug-likeness (QED) is 0.331. The zero-order valence-corrected chi connectivity index (χ0v) is 20.0. The number of rotatable bonds is 9. The van der Waals surface area contributed by atoms with Crippen LogP contribution in [-0.4, -0.2) is 80.9 Å². The molecule has 2 aliphatic heterocycles. The van der Waals surface area contributed by atoms with Gasteiger partial charge in [-0.15, -0.1) is 0 Å². The Morgan fingerprint density at radius 1 is 1.11 bits per heavy atom. The number of aliphatic carboxylic acids is 1. The summed E-state index contributed by atoms with van der Waals surface area (Å²) in [4.78, 5) is 35.9. The lowest BCUT2D eigenvalue weighted by molar-refractivity contribution is -0.137. The van der Waals surface area contributed by atoms with Crippen molar-refractivity contribution in [2.75, 3.05) is 25.0 Å². The second-order valence-corrected chi connectivity index (χ2v) is 8.46. The van der Waals surface area contributed by atoms with Gasteiger partial charge in [-0.2, -0.15) is 0 Å². The van der Waals surface area contributed by atoms with E-state index >= 15 is 0 Å². The Morgan fingerprint density at radius 2 is 1.92 bits per heavy atom. The first-order valence-electron chi connectivity index (χ1n) is 11.9. The molecule has 13 nitrogen and oxygen atoms in total. The number of nitrogens with one attached hydrogen (secondary N) is 3. The van der Waals surface area contributed by atoms with Crippen LogP contribution < -0.4 is 16.0 Å². The first-order valence-corrected chi connectivity index (χ1v) is 11.9. The van der Waals surface area contributed by atoms with Gasteiger partial charge in [0, 0.05) is 13.1 Å². The highest BCUT2D eigenvalue weighted by Crippen LogP contribution is 2.40. The third-order valence-electron chi connectivity index (χ3n) is 5.94. The highest BCUT2D eigenvalue weighted by atomic mass is 16.8. The fourth-order valence-corrected chi connectivity index (χ4v) is 4.36. The van der Waals surface area contributed by atoms with Gasteiger partial charge in [0.25, 0.3) is 0 Å². The number of imidazole rings is 1. The molecule has 0 aliphatic carbocycles. The van der Waals surface area contributed by atoms with Crippen LogP contribution in [0.1, 0.15) is 18.7 Å². The first-order chi connectivity index (χ1) is 18.0. The number of carboxylic acids is 1. The third-order valence-corrected chi connectivity index (χ3v) is 5.94. The van der Waals surface area contributed by atoms with Crippen molar-refractivity contribution in [2.45, 2.75) is 37.8 Å². The lowest BCUT2D eigenvalue weighted by Crippen LogP contribution is -2.38. The van der Waals surface area contributed by atoms with Crippen molar-refractivity contribution in [3.05, 3.63) is 54.6 Å². The molecule has 194 valence electrons. The van der Waals surface area contributed by atoms with Crippen molar-refractivity contribution in [3.8, 4) is 0 Å². The van der Waals surface area contributed by atoms with Crippen LogP contribution in [0, 0.1) is 0 Å². The summed E-state index contributed by atoms with van der Waals surface area (Å²) in [6.45, 7) is 2.30. The molecule has 5 atom stereocenters. The van der Waals surface area contributed by atoms with Gasteiger partial charge in [0.15, 0.2) is 29.5 Å². The third kappa shape index (κ3) is 5.44. The Hall–Kier alpha value is -3.91. The molecular weight excluding hydrogens is 482 g/mol. The van der Waals surface area contributed by atoms with Crippen LogP contribution in [0.3, 0.4) is 0 Å². The van der Waals surface area contributed by atoms with E-state index in [9.17, 15) is 9.59 Å². The molecule has 2 saturated heterocycles. The number of hydrogen-bond donors (Lipinski definition) is 4. The van der Waals surface area contributed by atoms with Crippen LogP contribution in [0.2, 0.25) is 0 Å². The average molecular weight is 510 g/mol. The summed E-state index contributed by atoms with van der Waals surface area (Å²) in [6.07, 6.45) is 3.87. The Balaban J connectivity index is 1.39. The van der Waals surface area contributed by atoms with Crippen molar-refractivity contribution in [3.63, 3.8) is 0 Å². The molecule has 13 heteroatoms. The molecule has 4 N–H and O–H groups in total. The zero-order valence-electron chi connectivity index (χ0n) is 20.0. The van der Waals surface area contributed by atoms with Gasteiger partial charge in [0.05, 0.1) is 12.9 Å². The number of amides is 2. The summed E-state index contributed by atoms with van der Waals surface area (Å²) < 4.78 is 20.4. The van der Waals surface area contributed by atoms with Crippen molar-refractivity contribution in [2.24, 2.45) is 0 Å². The minimum absolute atomic E-state index is 0.212. The van der Waals surface area contributed by atoms with Crippen molar-refractivity contribution in [1.82, 2.24) is 30.2 Å². The van der Waals surface area contributed by atoms with Crippen molar-refractivity contribution in [1.29, 1.82) is 0 Å². The number of hydrogen-bond acceptors (Lipinski definition) is 9. The fourth-order valence-electron chi connectivity index (χ4n) is 4.36. The number of fused-ring (bicyclic) bond motifs is 2. The highest BCUT2D eigenvalue weighted by molar-refractivity contribution is 5.95. The van der Waals surface area contributed by atoms with E-state index in [-0.39, 0.29) is 18.9 Å².